The number of rotatable bonds is 6. The molecule has 5 nitrogen and oxygen atoms in total. The van der Waals surface area contributed by atoms with Crippen LogP contribution in [0.2, 0.25) is 0 Å². The predicted molar refractivity (Wildman–Crippen MR) is 80.0 cm³/mol. The molecule has 0 bridgehead atoms. The molecule has 1 heterocycles. The normalized spacial score (nSPS) is 14.2. The molecule has 1 saturated heterocycles. The summed E-state index contributed by atoms with van der Waals surface area (Å²) in [6.45, 7) is 3.31. The molecule has 0 saturated carbocycles. The van der Waals surface area contributed by atoms with E-state index in [1.807, 2.05) is 29.0 Å². The maximum Gasteiger partial charge on any atom is 0.236 e. The van der Waals surface area contributed by atoms with E-state index in [0.29, 0.717) is 31.0 Å². The molecule has 112 valence electrons. The van der Waals surface area contributed by atoms with Gasteiger partial charge in [0.2, 0.25) is 5.91 Å². The fourth-order valence-electron chi connectivity index (χ4n) is 2.37. The summed E-state index contributed by atoms with van der Waals surface area (Å²) in [4.78, 5) is 15.9. The molecule has 2 rings (SSSR count). The minimum atomic E-state index is 0.187. The number of benzene rings is 1. The standard InChI is InChI=1S/C16H21N3O2/c1-18(13-16(20)19-8-4-5-9-19)10-11-21-15-7-3-2-6-14(15)12-17/h2-3,6-7H,4-5,8-11,13H2,1H3. The highest BCUT2D eigenvalue weighted by Crippen LogP contribution is 2.16. The molecule has 5 heteroatoms. The van der Waals surface area contributed by atoms with Crippen LogP contribution in [0.15, 0.2) is 24.3 Å². The van der Waals surface area contributed by atoms with E-state index in [9.17, 15) is 4.79 Å². The molecule has 1 aliphatic heterocycles. The number of hydrogen-bond donors (Lipinski definition) is 0. The summed E-state index contributed by atoms with van der Waals surface area (Å²) < 4.78 is 5.62. The summed E-state index contributed by atoms with van der Waals surface area (Å²) in [5.74, 6) is 0.784. The van der Waals surface area contributed by atoms with E-state index in [-0.39, 0.29) is 5.91 Å². The van der Waals surface area contributed by atoms with E-state index in [1.54, 1.807) is 12.1 Å². The zero-order valence-electron chi connectivity index (χ0n) is 12.4. The number of para-hydroxylation sites is 1. The van der Waals surface area contributed by atoms with Crippen molar-refractivity contribution in [2.75, 3.05) is 39.8 Å². The fraction of sp³-hybridized carbons (Fsp3) is 0.500. The van der Waals surface area contributed by atoms with Gasteiger partial charge in [-0.05, 0) is 32.0 Å². The van der Waals surface area contributed by atoms with E-state index >= 15 is 0 Å². The number of likely N-dealkylation sites (tertiary alicyclic amines) is 1. The van der Waals surface area contributed by atoms with Gasteiger partial charge in [0.15, 0.2) is 0 Å². The first kappa shape index (κ1) is 15.3. The Bertz CT molecular complexity index is 518. The van der Waals surface area contributed by atoms with Crippen molar-refractivity contribution in [3.05, 3.63) is 29.8 Å². The summed E-state index contributed by atoms with van der Waals surface area (Å²) in [5.41, 5.74) is 0.535. The number of nitriles is 1. The highest BCUT2D eigenvalue weighted by atomic mass is 16.5. The fourth-order valence-corrected chi connectivity index (χ4v) is 2.37. The van der Waals surface area contributed by atoms with Crippen LogP contribution in [0.1, 0.15) is 18.4 Å². The topological polar surface area (TPSA) is 56.6 Å². The Balaban J connectivity index is 1.73. The summed E-state index contributed by atoms with van der Waals surface area (Å²) in [7, 11) is 1.91. The minimum absolute atomic E-state index is 0.187. The van der Waals surface area contributed by atoms with Gasteiger partial charge in [-0.2, -0.15) is 5.26 Å². The Kier molecular flexibility index (Phi) is 5.59. The molecule has 1 fully saturated rings. The lowest BCUT2D eigenvalue weighted by Crippen LogP contribution is -2.38. The lowest BCUT2D eigenvalue weighted by Gasteiger charge is -2.21. The Morgan fingerprint density at radius 3 is 2.81 bits per heavy atom. The van der Waals surface area contributed by atoms with Crippen molar-refractivity contribution < 1.29 is 9.53 Å². The van der Waals surface area contributed by atoms with Gasteiger partial charge in [-0.3, -0.25) is 9.69 Å². The second-order valence-electron chi connectivity index (χ2n) is 5.28. The molecule has 0 radical (unpaired) electrons. The number of carbonyl (C=O) groups is 1. The summed E-state index contributed by atoms with van der Waals surface area (Å²) >= 11 is 0. The van der Waals surface area contributed by atoms with Gasteiger partial charge in [0.1, 0.15) is 18.4 Å². The highest BCUT2D eigenvalue weighted by molar-refractivity contribution is 5.78. The van der Waals surface area contributed by atoms with Crippen LogP contribution in [0.25, 0.3) is 0 Å². The SMILES string of the molecule is CN(CCOc1ccccc1C#N)CC(=O)N1CCCC1. The second kappa shape index (κ2) is 7.65. The number of ether oxygens (including phenoxy) is 1. The van der Waals surface area contributed by atoms with Gasteiger partial charge in [-0.25, -0.2) is 0 Å². The third-order valence-corrected chi connectivity index (χ3v) is 3.60. The minimum Gasteiger partial charge on any atom is -0.491 e. The van der Waals surface area contributed by atoms with Gasteiger partial charge in [0, 0.05) is 19.6 Å². The Morgan fingerprint density at radius 2 is 2.10 bits per heavy atom. The van der Waals surface area contributed by atoms with E-state index < -0.39 is 0 Å². The van der Waals surface area contributed by atoms with Gasteiger partial charge >= 0.3 is 0 Å². The third kappa shape index (κ3) is 4.47. The molecular weight excluding hydrogens is 266 g/mol. The maximum atomic E-state index is 12.0. The van der Waals surface area contributed by atoms with Crippen LogP contribution in [-0.2, 0) is 4.79 Å². The molecular formula is C16H21N3O2. The molecule has 0 aromatic heterocycles. The van der Waals surface area contributed by atoms with E-state index in [4.69, 9.17) is 10.00 Å². The first-order chi connectivity index (χ1) is 10.2. The van der Waals surface area contributed by atoms with Crippen molar-refractivity contribution in [3.8, 4) is 11.8 Å². The van der Waals surface area contributed by atoms with Gasteiger partial charge < -0.3 is 9.64 Å². The van der Waals surface area contributed by atoms with E-state index in [0.717, 1.165) is 25.9 Å². The van der Waals surface area contributed by atoms with Crippen LogP contribution >= 0.6 is 0 Å². The average Bonchev–Trinajstić information content (AvgIpc) is 3.02. The molecule has 0 aliphatic carbocycles. The van der Waals surface area contributed by atoms with Crippen LogP contribution in [-0.4, -0.2) is 55.5 Å². The molecule has 0 unspecified atom stereocenters. The van der Waals surface area contributed by atoms with Gasteiger partial charge in [-0.15, -0.1) is 0 Å². The third-order valence-electron chi connectivity index (χ3n) is 3.60. The van der Waals surface area contributed by atoms with Crippen molar-refractivity contribution in [2.45, 2.75) is 12.8 Å². The first-order valence-corrected chi connectivity index (χ1v) is 7.29. The summed E-state index contributed by atoms with van der Waals surface area (Å²) in [6.07, 6.45) is 2.23. The van der Waals surface area contributed by atoms with Gasteiger partial charge in [0.05, 0.1) is 12.1 Å². The Labute approximate surface area is 125 Å². The zero-order valence-corrected chi connectivity index (χ0v) is 12.4. The van der Waals surface area contributed by atoms with Gasteiger partial charge in [0.25, 0.3) is 0 Å². The number of likely N-dealkylation sites (N-methyl/N-ethyl adjacent to an activating group) is 1. The second-order valence-corrected chi connectivity index (χ2v) is 5.28. The summed E-state index contributed by atoms with van der Waals surface area (Å²) in [6, 6.07) is 9.28. The smallest absolute Gasteiger partial charge is 0.236 e. The lowest BCUT2D eigenvalue weighted by molar-refractivity contribution is -0.131. The number of amides is 1. The molecule has 0 N–H and O–H groups in total. The Morgan fingerprint density at radius 1 is 1.38 bits per heavy atom. The van der Waals surface area contributed by atoms with Crippen LogP contribution in [0, 0.1) is 11.3 Å². The molecule has 0 spiro atoms. The van der Waals surface area contributed by atoms with Gasteiger partial charge in [-0.1, -0.05) is 12.1 Å². The monoisotopic (exact) mass is 287 g/mol. The molecule has 0 atom stereocenters. The average molecular weight is 287 g/mol. The Hall–Kier alpha value is -2.06. The maximum absolute atomic E-state index is 12.0. The number of nitrogens with zero attached hydrogens (tertiary/aromatic N) is 3. The van der Waals surface area contributed by atoms with Crippen molar-refractivity contribution in [3.63, 3.8) is 0 Å². The van der Waals surface area contributed by atoms with Crippen molar-refractivity contribution >= 4 is 5.91 Å². The van der Waals surface area contributed by atoms with Crippen molar-refractivity contribution in [2.24, 2.45) is 0 Å². The van der Waals surface area contributed by atoms with Crippen molar-refractivity contribution in [1.29, 1.82) is 5.26 Å². The molecule has 1 amide bonds. The first-order valence-electron chi connectivity index (χ1n) is 7.29. The predicted octanol–water partition coefficient (Wildman–Crippen LogP) is 1.49. The highest BCUT2D eigenvalue weighted by Gasteiger charge is 2.18. The molecule has 21 heavy (non-hydrogen) atoms. The molecule has 1 aromatic rings. The van der Waals surface area contributed by atoms with Crippen LogP contribution in [0.3, 0.4) is 0 Å². The number of hydrogen-bond acceptors (Lipinski definition) is 4. The van der Waals surface area contributed by atoms with E-state index in [1.165, 1.54) is 0 Å². The molecule has 1 aromatic carbocycles. The largest absolute Gasteiger partial charge is 0.491 e. The lowest BCUT2D eigenvalue weighted by atomic mass is 10.2. The van der Waals surface area contributed by atoms with E-state index in [2.05, 4.69) is 6.07 Å². The quantitative estimate of drug-likeness (QED) is 0.795. The van der Waals surface area contributed by atoms with Crippen molar-refractivity contribution in [1.82, 2.24) is 9.80 Å². The van der Waals surface area contributed by atoms with Crippen LogP contribution < -0.4 is 4.74 Å². The number of carbonyl (C=O) groups excluding carboxylic acids is 1. The van der Waals surface area contributed by atoms with Crippen LogP contribution in [0.5, 0.6) is 5.75 Å². The zero-order chi connectivity index (χ0) is 15.1. The van der Waals surface area contributed by atoms with Crippen LogP contribution in [0.4, 0.5) is 0 Å². The summed E-state index contributed by atoms with van der Waals surface area (Å²) in [5, 5.41) is 8.98. The molecule has 1 aliphatic rings.